The molecule has 0 bridgehead atoms. The van der Waals surface area contributed by atoms with Crippen LogP contribution in [0.25, 0.3) is 0 Å². The number of nitrogens with one attached hydrogen (secondary N) is 3. The lowest BCUT2D eigenvalue weighted by Crippen LogP contribution is -2.43. The van der Waals surface area contributed by atoms with Gasteiger partial charge in [-0.05, 0) is 19.9 Å². The zero-order valence-corrected chi connectivity index (χ0v) is 13.4. The fourth-order valence-electron chi connectivity index (χ4n) is 1.38. The molecule has 1 unspecified atom stereocenters. The van der Waals surface area contributed by atoms with Crippen molar-refractivity contribution in [1.82, 2.24) is 20.8 Å². The Morgan fingerprint density at radius 3 is 2.94 bits per heavy atom. The van der Waals surface area contributed by atoms with E-state index >= 15 is 0 Å². The van der Waals surface area contributed by atoms with Crippen LogP contribution in [-0.4, -0.2) is 42.5 Å². The molecule has 0 radical (unpaired) electrons. The summed E-state index contributed by atoms with van der Waals surface area (Å²) in [7, 11) is 1.69. The van der Waals surface area contributed by atoms with E-state index in [4.69, 9.17) is 4.74 Å². The van der Waals surface area contributed by atoms with Crippen LogP contribution in [-0.2, 0) is 11.3 Å². The Bertz CT molecular complexity index is 328. The number of H-pyrrole nitrogens is 1. The minimum absolute atomic E-state index is 0. The molecule has 1 aromatic heterocycles. The minimum Gasteiger partial charge on any atom is -0.383 e. The van der Waals surface area contributed by atoms with Crippen LogP contribution in [0, 0.1) is 0 Å². The number of nitrogens with zero attached hydrogens (tertiary/aromatic N) is 2. The Kier molecular flexibility index (Phi) is 9.66. The lowest BCUT2D eigenvalue weighted by molar-refractivity contribution is 0.179. The van der Waals surface area contributed by atoms with Gasteiger partial charge in [0.2, 0.25) is 0 Å². The molecule has 1 heterocycles. The van der Waals surface area contributed by atoms with Gasteiger partial charge in [0, 0.05) is 25.9 Å². The molecule has 0 amide bonds. The van der Waals surface area contributed by atoms with E-state index in [0.29, 0.717) is 13.2 Å². The smallest absolute Gasteiger partial charge is 0.191 e. The van der Waals surface area contributed by atoms with Gasteiger partial charge in [-0.3, -0.25) is 5.10 Å². The summed E-state index contributed by atoms with van der Waals surface area (Å²) in [5, 5.41) is 13.2. The minimum atomic E-state index is 0. The van der Waals surface area contributed by atoms with Crippen molar-refractivity contribution >= 4 is 29.9 Å². The summed E-state index contributed by atoms with van der Waals surface area (Å²) < 4.78 is 5.07. The summed E-state index contributed by atoms with van der Waals surface area (Å²) in [5.41, 5.74) is 0.988. The Balaban J connectivity index is 0.00000289. The van der Waals surface area contributed by atoms with E-state index in [9.17, 15) is 0 Å². The second kappa shape index (κ2) is 10.1. The Morgan fingerprint density at radius 2 is 2.39 bits per heavy atom. The SMILES string of the molecule is CCNC(=NCc1ccn[nH]1)NC(C)COC.I. The summed E-state index contributed by atoms with van der Waals surface area (Å²) in [6, 6.07) is 2.13. The first kappa shape index (κ1) is 17.2. The van der Waals surface area contributed by atoms with Crippen LogP contribution in [0.15, 0.2) is 17.3 Å². The fourth-order valence-corrected chi connectivity index (χ4v) is 1.38. The predicted molar refractivity (Wildman–Crippen MR) is 83.3 cm³/mol. The molecule has 1 rings (SSSR count). The van der Waals surface area contributed by atoms with Crippen molar-refractivity contribution in [2.75, 3.05) is 20.3 Å². The van der Waals surface area contributed by atoms with Gasteiger partial charge in [0.1, 0.15) is 0 Å². The van der Waals surface area contributed by atoms with Gasteiger partial charge in [-0.25, -0.2) is 4.99 Å². The number of ether oxygens (including phenoxy) is 1. The van der Waals surface area contributed by atoms with Crippen molar-refractivity contribution in [3.05, 3.63) is 18.0 Å². The van der Waals surface area contributed by atoms with Gasteiger partial charge in [0.25, 0.3) is 0 Å². The summed E-state index contributed by atoms with van der Waals surface area (Å²) in [5.74, 6) is 0.784. The molecule has 0 aromatic carbocycles. The summed E-state index contributed by atoms with van der Waals surface area (Å²) in [4.78, 5) is 4.45. The largest absolute Gasteiger partial charge is 0.383 e. The van der Waals surface area contributed by atoms with E-state index in [0.717, 1.165) is 18.2 Å². The number of aliphatic imine (C=N–C) groups is 1. The number of methoxy groups -OCH3 is 1. The average Bonchev–Trinajstić information content (AvgIpc) is 2.79. The maximum absolute atomic E-state index is 5.07. The quantitative estimate of drug-likeness (QED) is 0.400. The first-order valence-corrected chi connectivity index (χ1v) is 5.78. The van der Waals surface area contributed by atoms with Crippen molar-refractivity contribution in [3.8, 4) is 0 Å². The molecule has 0 aliphatic heterocycles. The molecule has 6 nitrogen and oxygen atoms in total. The van der Waals surface area contributed by atoms with E-state index < -0.39 is 0 Å². The zero-order chi connectivity index (χ0) is 12.5. The van der Waals surface area contributed by atoms with Gasteiger partial charge >= 0.3 is 0 Å². The number of hydrogen-bond donors (Lipinski definition) is 3. The molecule has 0 fully saturated rings. The first-order valence-electron chi connectivity index (χ1n) is 5.78. The molecule has 18 heavy (non-hydrogen) atoms. The molecule has 0 aliphatic rings. The van der Waals surface area contributed by atoms with Crippen molar-refractivity contribution < 1.29 is 4.74 Å². The highest BCUT2D eigenvalue weighted by atomic mass is 127. The second-order valence-corrected chi connectivity index (χ2v) is 3.78. The summed E-state index contributed by atoms with van der Waals surface area (Å²) >= 11 is 0. The normalized spacial score (nSPS) is 12.7. The van der Waals surface area contributed by atoms with Crippen LogP contribution >= 0.6 is 24.0 Å². The number of rotatable bonds is 6. The van der Waals surface area contributed by atoms with Crippen molar-refractivity contribution in [1.29, 1.82) is 0 Å². The van der Waals surface area contributed by atoms with Crippen molar-refractivity contribution in [2.24, 2.45) is 4.99 Å². The highest BCUT2D eigenvalue weighted by Gasteiger charge is 2.04. The monoisotopic (exact) mass is 367 g/mol. The van der Waals surface area contributed by atoms with Crippen molar-refractivity contribution in [3.63, 3.8) is 0 Å². The predicted octanol–water partition coefficient (Wildman–Crippen LogP) is 1.12. The Labute approximate surface area is 125 Å². The molecule has 0 spiro atoms. The molecule has 1 atom stereocenters. The molecule has 0 saturated carbocycles. The standard InChI is InChI=1S/C11H21N5O.HI/c1-4-12-11(15-9(2)8-17-3)13-7-10-5-6-14-16-10;/h5-6,9H,4,7-8H2,1-3H3,(H,14,16)(H2,12,13,15);1H. The molecule has 7 heteroatoms. The molecule has 104 valence electrons. The fraction of sp³-hybridized carbons (Fsp3) is 0.636. The lowest BCUT2D eigenvalue weighted by Gasteiger charge is -2.16. The van der Waals surface area contributed by atoms with Crippen LogP contribution in [0.5, 0.6) is 0 Å². The third-order valence-electron chi connectivity index (χ3n) is 2.11. The van der Waals surface area contributed by atoms with Gasteiger partial charge in [-0.1, -0.05) is 0 Å². The number of aromatic nitrogens is 2. The topological polar surface area (TPSA) is 74.3 Å². The van der Waals surface area contributed by atoms with E-state index in [1.165, 1.54) is 0 Å². The third kappa shape index (κ3) is 6.80. The van der Waals surface area contributed by atoms with E-state index in [1.807, 2.05) is 19.9 Å². The number of guanidine groups is 1. The van der Waals surface area contributed by atoms with Gasteiger partial charge in [-0.2, -0.15) is 5.10 Å². The molecule has 3 N–H and O–H groups in total. The van der Waals surface area contributed by atoms with Gasteiger partial charge in [0.15, 0.2) is 5.96 Å². The maximum atomic E-state index is 5.07. The van der Waals surface area contributed by atoms with Crippen LogP contribution in [0.4, 0.5) is 0 Å². The highest BCUT2D eigenvalue weighted by Crippen LogP contribution is 1.94. The van der Waals surface area contributed by atoms with Crippen LogP contribution < -0.4 is 10.6 Å². The maximum Gasteiger partial charge on any atom is 0.191 e. The second-order valence-electron chi connectivity index (χ2n) is 3.78. The average molecular weight is 367 g/mol. The Hall–Kier alpha value is -0.830. The molecule has 0 saturated heterocycles. The summed E-state index contributed by atoms with van der Waals surface area (Å²) in [6.45, 7) is 6.14. The lowest BCUT2D eigenvalue weighted by atomic mass is 10.4. The number of aromatic amines is 1. The molecular formula is C11H22IN5O. The van der Waals surface area contributed by atoms with Crippen LogP contribution in [0.1, 0.15) is 19.5 Å². The van der Waals surface area contributed by atoms with E-state index in [1.54, 1.807) is 13.3 Å². The third-order valence-corrected chi connectivity index (χ3v) is 2.11. The molecule has 1 aromatic rings. The van der Waals surface area contributed by atoms with E-state index in [2.05, 4.69) is 25.8 Å². The van der Waals surface area contributed by atoms with Gasteiger partial charge in [0.05, 0.1) is 18.8 Å². The van der Waals surface area contributed by atoms with Gasteiger partial charge < -0.3 is 15.4 Å². The van der Waals surface area contributed by atoms with Crippen LogP contribution in [0.3, 0.4) is 0 Å². The van der Waals surface area contributed by atoms with E-state index in [-0.39, 0.29) is 30.0 Å². The zero-order valence-electron chi connectivity index (χ0n) is 11.1. The van der Waals surface area contributed by atoms with Crippen LogP contribution in [0.2, 0.25) is 0 Å². The Morgan fingerprint density at radius 1 is 1.61 bits per heavy atom. The summed E-state index contributed by atoms with van der Waals surface area (Å²) in [6.07, 6.45) is 1.72. The number of hydrogen-bond acceptors (Lipinski definition) is 3. The molecule has 0 aliphatic carbocycles. The molecular weight excluding hydrogens is 345 g/mol. The highest BCUT2D eigenvalue weighted by molar-refractivity contribution is 14.0. The van der Waals surface area contributed by atoms with Crippen molar-refractivity contribution in [2.45, 2.75) is 26.4 Å². The number of halogens is 1. The first-order chi connectivity index (χ1) is 8.26. The van der Waals surface area contributed by atoms with Gasteiger partial charge in [-0.15, -0.1) is 24.0 Å².